The maximum absolute atomic E-state index is 5.52. The number of imidazole rings is 2. The maximum Gasteiger partial charge on any atom is 0.228 e. The average molecular weight is 411 g/mol. The summed E-state index contributed by atoms with van der Waals surface area (Å²) in [6, 6.07) is 16.5. The highest BCUT2D eigenvalue weighted by molar-refractivity contribution is 5.91. The van der Waals surface area contributed by atoms with Gasteiger partial charge in [0.1, 0.15) is 11.2 Å². The summed E-state index contributed by atoms with van der Waals surface area (Å²) in [5, 5.41) is 0. The molecule has 0 unspecified atom stereocenters. The molecule has 6 rings (SSSR count). The third kappa shape index (κ3) is 3.30. The van der Waals surface area contributed by atoms with Crippen molar-refractivity contribution >= 4 is 28.1 Å². The fourth-order valence-corrected chi connectivity index (χ4v) is 4.02. The highest BCUT2D eigenvalue weighted by atomic mass is 16.5. The van der Waals surface area contributed by atoms with Crippen molar-refractivity contribution in [1.82, 2.24) is 29.5 Å². The zero-order chi connectivity index (χ0) is 20.6. The molecule has 0 aliphatic carbocycles. The lowest BCUT2D eigenvalue weighted by Crippen LogP contribution is -2.37. The van der Waals surface area contributed by atoms with E-state index in [9.17, 15) is 0 Å². The average Bonchev–Trinajstić information content (AvgIpc) is 3.46. The van der Waals surface area contributed by atoms with Crippen LogP contribution in [0.25, 0.3) is 33.5 Å². The zero-order valence-corrected chi connectivity index (χ0v) is 16.9. The summed E-state index contributed by atoms with van der Waals surface area (Å²) in [7, 11) is 0. The number of hydrogen-bond acceptors (Lipinski definition) is 6. The normalized spacial score (nSPS) is 14.5. The number of anilines is 1. The summed E-state index contributed by atoms with van der Waals surface area (Å²) in [6.07, 6.45) is 3.56. The highest BCUT2D eigenvalue weighted by Crippen LogP contribution is 2.29. The van der Waals surface area contributed by atoms with Gasteiger partial charge in [-0.2, -0.15) is 4.98 Å². The van der Waals surface area contributed by atoms with Crippen molar-refractivity contribution < 1.29 is 4.74 Å². The smallest absolute Gasteiger partial charge is 0.228 e. The molecule has 0 atom stereocenters. The molecule has 0 spiro atoms. The van der Waals surface area contributed by atoms with Gasteiger partial charge in [-0.15, -0.1) is 0 Å². The van der Waals surface area contributed by atoms with Gasteiger partial charge >= 0.3 is 0 Å². The molecule has 0 radical (unpaired) electrons. The van der Waals surface area contributed by atoms with Crippen LogP contribution < -0.4 is 4.90 Å². The van der Waals surface area contributed by atoms with Crippen LogP contribution in [-0.2, 0) is 11.3 Å². The van der Waals surface area contributed by atoms with Crippen LogP contribution in [0.3, 0.4) is 0 Å². The maximum atomic E-state index is 5.52. The minimum absolute atomic E-state index is 0.681. The Balaban J connectivity index is 1.52. The SMILES string of the molecule is c1ccc(Cn2cnc3c(-c4ccc5nc[nH]c5c4)nc(N4CCOCC4)nc32)cc1. The number of ether oxygens (including phenoxy) is 1. The van der Waals surface area contributed by atoms with Crippen LogP contribution in [0.5, 0.6) is 0 Å². The number of nitrogens with one attached hydrogen (secondary N) is 1. The standard InChI is InChI=1S/C23H21N7O/c1-2-4-16(5-3-1)13-30-15-26-21-20(17-6-7-18-19(12-17)25-14-24-18)27-23(28-22(21)30)29-8-10-31-11-9-29/h1-7,12,14-15H,8-11,13H2,(H,24,25). The van der Waals surface area contributed by atoms with Crippen molar-refractivity contribution in [3.05, 3.63) is 66.7 Å². The van der Waals surface area contributed by atoms with Crippen LogP contribution in [0, 0.1) is 0 Å². The van der Waals surface area contributed by atoms with E-state index in [0.29, 0.717) is 25.7 Å². The topological polar surface area (TPSA) is 84.8 Å². The number of fused-ring (bicyclic) bond motifs is 2. The van der Waals surface area contributed by atoms with Gasteiger partial charge < -0.3 is 19.2 Å². The van der Waals surface area contributed by atoms with Crippen molar-refractivity contribution in [3.8, 4) is 11.3 Å². The molecule has 4 heterocycles. The monoisotopic (exact) mass is 411 g/mol. The molecule has 0 bridgehead atoms. The van der Waals surface area contributed by atoms with E-state index < -0.39 is 0 Å². The van der Waals surface area contributed by atoms with E-state index in [0.717, 1.165) is 46.5 Å². The molecule has 1 saturated heterocycles. The van der Waals surface area contributed by atoms with Gasteiger partial charge in [-0.3, -0.25) is 0 Å². The molecule has 1 N–H and O–H groups in total. The van der Waals surface area contributed by atoms with Crippen molar-refractivity contribution in [2.45, 2.75) is 6.54 Å². The first-order valence-corrected chi connectivity index (χ1v) is 10.4. The molecular formula is C23H21N7O. The molecule has 0 saturated carbocycles. The van der Waals surface area contributed by atoms with E-state index in [4.69, 9.17) is 19.7 Å². The minimum Gasteiger partial charge on any atom is -0.378 e. The molecule has 1 fully saturated rings. The second kappa shape index (κ2) is 7.48. The Hall–Kier alpha value is -3.78. The van der Waals surface area contributed by atoms with Crippen LogP contribution in [0.2, 0.25) is 0 Å². The first kappa shape index (κ1) is 18.0. The molecule has 1 aliphatic rings. The summed E-state index contributed by atoms with van der Waals surface area (Å²) in [5.74, 6) is 0.713. The minimum atomic E-state index is 0.681. The Kier molecular flexibility index (Phi) is 4.35. The van der Waals surface area contributed by atoms with Crippen LogP contribution in [0.4, 0.5) is 5.95 Å². The van der Waals surface area contributed by atoms with E-state index in [1.165, 1.54) is 5.56 Å². The summed E-state index contributed by atoms with van der Waals surface area (Å²) < 4.78 is 7.62. The lowest BCUT2D eigenvalue weighted by Gasteiger charge is -2.27. The Morgan fingerprint density at radius 1 is 0.968 bits per heavy atom. The number of benzene rings is 2. The predicted octanol–water partition coefficient (Wildman–Crippen LogP) is 3.25. The number of hydrogen-bond donors (Lipinski definition) is 1. The molecule has 2 aromatic carbocycles. The van der Waals surface area contributed by atoms with E-state index in [2.05, 4.69) is 37.6 Å². The van der Waals surface area contributed by atoms with Crippen molar-refractivity contribution in [1.29, 1.82) is 0 Å². The van der Waals surface area contributed by atoms with E-state index >= 15 is 0 Å². The van der Waals surface area contributed by atoms with Crippen molar-refractivity contribution in [3.63, 3.8) is 0 Å². The third-order valence-electron chi connectivity index (χ3n) is 5.64. The summed E-state index contributed by atoms with van der Waals surface area (Å²) in [4.78, 5) is 24.3. The Labute approximate surface area is 178 Å². The number of nitrogens with zero attached hydrogens (tertiary/aromatic N) is 6. The molecule has 154 valence electrons. The van der Waals surface area contributed by atoms with Crippen LogP contribution in [0.15, 0.2) is 61.2 Å². The van der Waals surface area contributed by atoms with Crippen LogP contribution in [-0.4, -0.2) is 55.8 Å². The van der Waals surface area contributed by atoms with Gasteiger partial charge in [-0.1, -0.05) is 36.4 Å². The van der Waals surface area contributed by atoms with Gasteiger partial charge in [0.05, 0.1) is 43.4 Å². The van der Waals surface area contributed by atoms with Gasteiger partial charge in [0.25, 0.3) is 0 Å². The molecule has 8 nitrogen and oxygen atoms in total. The largest absolute Gasteiger partial charge is 0.378 e. The number of rotatable bonds is 4. The Bertz CT molecular complexity index is 1350. The molecule has 0 amide bonds. The molecule has 3 aromatic heterocycles. The van der Waals surface area contributed by atoms with E-state index in [1.807, 2.05) is 36.7 Å². The Morgan fingerprint density at radius 2 is 1.84 bits per heavy atom. The predicted molar refractivity (Wildman–Crippen MR) is 119 cm³/mol. The van der Waals surface area contributed by atoms with Crippen LogP contribution in [0.1, 0.15) is 5.56 Å². The summed E-state index contributed by atoms with van der Waals surface area (Å²) >= 11 is 0. The Morgan fingerprint density at radius 3 is 2.71 bits per heavy atom. The van der Waals surface area contributed by atoms with Crippen molar-refractivity contribution in [2.24, 2.45) is 0 Å². The number of H-pyrrole nitrogens is 1. The summed E-state index contributed by atoms with van der Waals surface area (Å²) in [6.45, 7) is 3.62. The van der Waals surface area contributed by atoms with Gasteiger partial charge in [0.15, 0.2) is 5.65 Å². The lowest BCUT2D eigenvalue weighted by molar-refractivity contribution is 0.122. The number of morpholine rings is 1. The fraction of sp³-hybridized carbons (Fsp3) is 0.217. The molecule has 8 heteroatoms. The first-order chi connectivity index (χ1) is 15.3. The molecule has 5 aromatic rings. The quantitative estimate of drug-likeness (QED) is 0.489. The second-order valence-corrected chi connectivity index (χ2v) is 7.64. The molecular weight excluding hydrogens is 390 g/mol. The van der Waals surface area contributed by atoms with E-state index in [-0.39, 0.29) is 0 Å². The lowest BCUT2D eigenvalue weighted by atomic mass is 10.1. The molecule has 31 heavy (non-hydrogen) atoms. The second-order valence-electron chi connectivity index (χ2n) is 7.64. The van der Waals surface area contributed by atoms with Crippen LogP contribution >= 0.6 is 0 Å². The molecule has 1 aliphatic heterocycles. The highest BCUT2D eigenvalue weighted by Gasteiger charge is 2.20. The number of aromatic amines is 1. The van der Waals surface area contributed by atoms with Crippen molar-refractivity contribution in [2.75, 3.05) is 31.2 Å². The van der Waals surface area contributed by atoms with Gasteiger partial charge in [0, 0.05) is 18.7 Å². The third-order valence-corrected chi connectivity index (χ3v) is 5.64. The first-order valence-electron chi connectivity index (χ1n) is 10.4. The fourth-order valence-electron chi connectivity index (χ4n) is 4.02. The van der Waals surface area contributed by atoms with Gasteiger partial charge in [0.2, 0.25) is 5.95 Å². The number of aromatic nitrogens is 6. The summed E-state index contributed by atoms with van der Waals surface area (Å²) in [5.41, 5.74) is 6.55. The van der Waals surface area contributed by atoms with E-state index in [1.54, 1.807) is 6.33 Å². The zero-order valence-electron chi connectivity index (χ0n) is 16.9. The van der Waals surface area contributed by atoms with Gasteiger partial charge in [-0.25, -0.2) is 15.0 Å². The van der Waals surface area contributed by atoms with Gasteiger partial charge in [-0.05, 0) is 17.7 Å².